The van der Waals surface area contributed by atoms with E-state index in [1.807, 2.05) is 0 Å². The van der Waals surface area contributed by atoms with Crippen LogP contribution in [-0.2, 0) is 0 Å². The van der Waals surface area contributed by atoms with E-state index in [2.05, 4.69) is 55.0 Å². The van der Waals surface area contributed by atoms with Crippen molar-refractivity contribution in [3.8, 4) is 0 Å². The minimum absolute atomic E-state index is 0.638. The fourth-order valence-electron chi connectivity index (χ4n) is 0.976. The van der Waals surface area contributed by atoms with E-state index < -0.39 is 0 Å². The summed E-state index contributed by atoms with van der Waals surface area (Å²) in [6.45, 7) is 4.43. The van der Waals surface area contributed by atoms with Gasteiger partial charge in [0.2, 0.25) is 0 Å². The van der Waals surface area contributed by atoms with Gasteiger partial charge in [0.25, 0.3) is 0 Å². The first-order chi connectivity index (χ1) is 4.72. The van der Waals surface area contributed by atoms with Gasteiger partial charge in [-0.2, -0.15) is 0 Å². The van der Waals surface area contributed by atoms with Gasteiger partial charge < -0.3 is 0 Å². The third-order valence-corrected chi connectivity index (χ3v) is 2.41. The molecule has 0 spiro atoms. The molecular formula is C9H11As. The molecule has 10 heavy (non-hydrogen) atoms. The topological polar surface area (TPSA) is 0 Å². The van der Waals surface area contributed by atoms with Crippen molar-refractivity contribution < 1.29 is 0 Å². The molecular weight excluding hydrogens is 183 g/mol. The average molecular weight is 194 g/mol. The van der Waals surface area contributed by atoms with E-state index in [-0.39, 0.29) is 0 Å². The molecule has 52 valence electrons. The molecule has 2 radical (unpaired) electrons. The summed E-state index contributed by atoms with van der Waals surface area (Å²) in [6, 6.07) is 8.47. The second kappa shape index (κ2) is 3.25. The molecule has 0 saturated heterocycles. The van der Waals surface area contributed by atoms with Crippen molar-refractivity contribution in [2.45, 2.75) is 19.8 Å². The summed E-state index contributed by atoms with van der Waals surface area (Å²) < 4.78 is 1.34. The SMILES string of the molecule is CC(C)c1ccccc1[As]. The van der Waals surface area contributed by atoms with Crippen LogP contribution < -0.4 is 4.35 Å². The van der Waals surface area contributed by atoms with Crippen LogP contribution in [0.25, 0.3) is 0 Å². The van der Waals surface area contributed by atoms with Crippen molar-refractivity contribution in [2.75, 3.05) is 0 Å². The standard InChI is InChI=1S/C9H11As/c1-7(2)8-5-3-4-6-9(8)10/h3-7H,1-2H3. The van der Waals surface area contributed by atoms with E-state index in [0.717, 1.165) is 0 Å². The summed E-state index contributed by atoms with van der Waals surface area (Å²) in [7, 11) is 0. The zero-order valence-electron chi connectivity index (χ0n) is 6.33. The Bertz CT molecular complexity index is 216. The second-order valence-electron chi connectivity index (χ2n) is 2.71. The minimum atomic E-state index is 0.638. The van der Waals surface area contributed by atoms with Crippen LogP contribution in [0.2, 0.25) is 0 Å². The molecule has 0 fully saturated rings. The van der Waals surface area contributed by atoms with Crippen molar-refractivity contribution in [3.63, 3.8) is 0 Å². The van der Waals surface area contributed by atoms with Gasteiger partial charge in [-0.3, -0.25) is 0 Å². The number of hydrogen-bond donors (Lipinski definition) is 0. The third-order valence-electron chi connectivity index (χ3n) is 1.56. The Hall–Kier alpha value is -0.222. The predicted octanol–water partition coefficient (Wildman–Crippen LogP) is 1.60. The van der Waals surface area contributed by atoms with Gasteiger partial charge >= 0.3 is 70.8 Å². The molecule has 1 rings (SSSR count). The first kappa shape index (κ1) is 7.88. The maximum atomic E-state index is 2.61. The van der Waals surface area contributed by atoms with E-state index >= 15 is 0 Å². The number of hydrogen-bond acceptors (Lipinski definition) is 0. The van der Waals surface area contributed by atoms with Gasteiger partial charge in [0.1, 0.15) is 0 Å². The van der Waals surface area contributed by atoms with Crippen LogP contribution >= 0.6 is 0 Å². The molecule has 0 unspecified atom stereocenters. The van der Waals surface area contributed by atoms with Crippen LogP contribution in [0.4, 0.5) is 0 Å². The van der Waals surface area contributed by atoms with Crippen LogP contribution in [-0.4, -0.2) is 16.9 Å². The van der Waals surface area contributed by atoms with Gasteiger partial charge in [-0.25, -0.2) is 0 Å². The van der Waals surface area contributed by atoms with Crippen LogP contribution in [0, 0.1) is 0 Å². The van der Waals surface area contributed by atoms with Crippen LogP contribution in [0.1, 0.15) is 25.3 Å². The molecule has 0 atom stereocenters. The Balaban J connectivity index is 3.03. The molecule has 1 aromatic rings. The van der Waals surface area contributed by atoms with Gasteiger partial charge in [-0.15, -0.1) is 0 Å². The van der Waals surface area contributed by atoms with Gasteiger partial charge in [0.05, 0.1) is 0 Å². The third kappa shape index (κ3) is 1.64. The van der Waals surface area contributed by atoms with Gasteiger partial charge in [0, 0.05) is 0 Å². The summed E-state index contributed by atoms with van der Waals surface area (Å²) in [4.78, 5) is 0. The molecule has 1 aromatic carbocycles. The molecule has 0 aliphatic heterocycles. The van der Waals surface area contributed by atoms with Crippen molar-refractivity contribution in [3.05, 3.63) is 29.8 Å². The van der Waals surface area contributed by atoms with Crippen LogP contribution in [0.15, 0.2) is 24.3 Å². The van der Waals surface area contributed by atoms with Gasteiger partial charge in [-0.1, -0.05) is 0 Å². The molecule has 0 aliphatic carbocycles. The van der Waals surface area contributed by atoms with Gasteiger partial charge in [-0.05, 0) is 0 Å². The summed E-state index contributed by atoms with van der Waals surface area (Å²) in [5, 5.41) is 0. The maximum absolute atomic E-state index is 2.61. The Labute approximate surface area is 71.1 Å². The normalized spacial score (nSPS) is 10.4. The summed E-state index contributed by atoms with van der Waals surface area (Å²) >= 11 is 2.61. The van der Waals surface area contributed by atoms with E-state index in [4.69, 9.17) is 0 Å². The predicted molar refractivity (Wildman–Crippen MR) is 45.9 cm³/mol. The Morgan fingerprint density at radius 2 is 1.80 bits per heavy atom. The quantitative estimate of drug-likeness (QED) is 0.595. The zero-order chi connectivity index (χ0) is 7.56. The monoisotopic (exact) mass is 194 g/mol. The molecule has 0 heterocycles. The molecule has 0 aliphatic rings. The Morgan fingerprint density at radius 1 is 1.20 bits per heavy atom. The fraction of sp³-hybridized carbons (Fsp3) is 0.333. The number of rotatable bonds is 1. The Kier molecular flexibility index (Phi) is 2.56. The summed E-state index contributed by atoms with van der Waals surface area (Å²) in [5.41, 5.74) is 1.43. The van der Waals surface area contributed by atoms with E-state index in [1.54, 1.807) is 0 Å². The Morgan fingerprint density at radius 3 is 2.20 bits per heavy atom. The van der Waals surface area contributed by atoms with E-state index in [0.29, 0.717) is 5.92 Å². The summed E-state index contributed by atoms with van der Waals surface area (Å²) in [6.07, 6.45) is 0. The number of benzene rings is 1. The molecule has 0 saturated carbocycles. The summed E-state index contributed by atoms with van der Waals surface area (Å²) in [5.74, 6) is 0.638. The van der Waals surface area contributed by atoms with Crippen molar-refractivity contribution in [2.24, 2.45) is 0 Å². The molecule has 0 N–H and O–H groups in total. The van der Waals surface area contributed by atoms with Crippen LogP contribution in [0.5, 0.6) is 0 Å². The molecule has 1 heteroatoms. The molecule has 0 bridgehead atoms. The van der Waals surface area contributed by atoms with Crippen molar-refractivity contribution in [1.82, 2.24) is 0 Å². The van der Waals surface area contributed by atoms with Crippen molar-refractivity contribution in [1.29, 1.82) is 0 Å². The van der Waals surface area contributed by atoms with E-state index in [1.165, 1.54) is 9.91 Å². The average Bonchev–Trinajstić information content (AvgIpc) is 1.88. The second-order valence-corrected chi connectivity index (χ2v) is 3.72. The molecule has 0 nitrogen and oxygen atoms in total. The van der Waals surface area contributed by atoms with Crippen molar-refractivity contribution >= 4 is 21.2 Å². The van der Waals surface area contributed by atoms with Crippen LogP contribution in [0.3, 0.4) is 0 Å². The van der Waals surface area contributed by atoms with E-state index in [9.17, 15) is 0 Å². The first-order valence-corrected chi connectivity index (χ1v) is 4.43. The molecule has 0 amide bonds. The first-order valence-electron chi connectivity index (χ1n) is 3.49. The molecule has 0 aromatic heterocycles. The van der Waals surface area contributed by atoms with Gasteiger partial charge in [0.15, 0.2) is 0 Å². The fourth-order valence-corrected chi connectivity index (χ4v) is 1.85. The zero-order valence-corrected chi connectivity index (χ0v) is 8.21.